The molecule has 1 unspecified atom stereocenters. The summed E-state index contributed by atoms with van der Waals surface area (Å²) in [6.45, 7) is 3.45. The van der Waals surface area contributed by atoms with Crippen molar-refractivity contribution in [3.63, 3.8) is 0 Å². The standard InChI is InChI=1S/C11H12F2N2O/c1-2-3-10(14)11(16)15-7-4-5-8(12)9(13)6-7/h2,4-6,10H,1,3,14H2,(H,15,16). The van der Waals surface area contributed by atoms with Gasteiger partial charge in [-0.25, -0.2) is 8.78 Å². The van der Waals surface area contributed by atoms with Crippen LogP contribution >= 0.6 is 0 Å². The van der Waals surface area contributed by atoms with E-state index < -0.39 is 23.6 Å². The third-order valence-corrected chi connectivity index (χ3v) is 1.94. The number of halogens is 2. The quantitative estimate of drug-likeness (QED) is 0.769. The highest BCUT2D eigenvalue weighted by molar-refractivity contribution is 5.94. The monoisotopic (exact) mass is 226 g/mol. The number of anilines is 1. The van der Waals surface area contributed by atoms with Gasteiger partial charge in [0, 0.05) is 11.8 Å². The van der Waals surface area contributed by atoms with Crippen molar-refractivity contribution in [2.75, 3.05) is 5.32 Å². The molecule has 0 radical (unpaired) electrons. The van der Waals surface area contributed by atoms with Crippen LogP contribution in [0, 0.1) is 11.6 Å². The predicted octanol–water partition coefficient (Wildman–Crippen LogP) is 1.81. The first kappa shape index (κ1) is 12.3. The average molecular weight is 226 g/mol. The fourth-order valence-corrected chi connectivity index (χ4v) is 1.10. The van der Waals surface area contributed by atoms with E-state index in [0.29, 0.717) is 6.42 Å². The van der Waals surface area contributed by atoms with Crippen LogP contribution in [0.15, 0.2) is 30.9 Å². The van der Waals surface area contributed by atoms with E-state index in [1.165, 1.54) is 12.1 Å². The van der Waals surface area contributed by atoms with Crippen LogP contribution < -0.4 is 11.1 Å². The van der Waals surface area contributed by atoms with Crippen molar-refractivity contribution in [3.05, 3.63) is 42.5 Å². The Balaban J connectivity index is 2.69. The van der Waals surface area contributed by atoms with E-state index in [4.69, 9.17) is 5.73 Å². The molecule has 0 spiro atoms. The first-order valence-corrected chi connectivity index (χ1v) is 4.67. The van der Waals surface area contributed by atoms with Gasteiger partial charge in [-0.1, -0.05) is 6.08 Å². The van der Waals surface area contributed by atoms with Gasteiger partial charge in [-0.2, -0.15) is 0 Å². The number of nitrogens with one attached hydrogen (secondary N) is 1. The molecule has 0 heterocycles. The predicted molar refractivity (Wildman–Crippen MR) is 57.8 cm³/mol. The van der Waals surface area contributed by atoms with E-state index in [0.717, 1.165) is 12.1 Å². The van der Waals surface area contributed by atoms with E-state index in [2.05, 4.69) is 11.9 Å². The summed E-state index contributed by atoms with van der Waals surface area (Å²) in [5.41, 5.74) is 5.66. The maximum absolute atomic E-state index is 12.8. The Morgan fingerprint density at radius 2 is 2.19 bits per heavy atom. The highest BCUT2D eigenvalue weighted by Gasteiger charge is 2.12. The minimum absolute atomic E-state index is 0.170. The molecule has 0 fully saturated rings. The molecule has 0 saturated carbocycles. The van der Waals surface area contributed by atoms with E-state index in [-0.39, 0.29) is 5.69 Å². The van der Waals surface area contributed by atoms with Crippen LogP contribution in [0.25, 0.3) is 0 Å². The van der Waals surface area contributed by atoms with Gasteiger partial charge in [-0.15, -0.1) is 6.58 Å². The zero-order valence-corrected chi connectivity index (χ0v) is 8.54. The molecule has 3 N–H and O–H groups in total. The summed E-state index contributed by atoms with van der Waals surface area (Å²) >= 11 is 0. The fourth-order valence-electron chi connectivity index (χ4n) is 1.10. The number of amides is 1. The zero-order valence-electron chi connectivity index (χ0n) is 8.54. The van der Waals surface area contributed by atoms with Crippen molar-refractivity contribution >= 4 is 11.6 Å². The second-order valence-electron chi connectivity index (χ2n) is 3.25. The van der Waals surface area contributed by atoms with Crippen LogP contribution in [0.5, 0.6) is 0 Å². The maximum Gasteiger partial charge on any atom is 0.241 e. The third kappa shape index (κ3) is 3.13. The molecule has 1 rings (SSSR count). The number of benzene rings is 1. The van der Waals surface area contributed by atoms with Gasteiger partial charge in [0.05, 0.1) is 6.04 Å². The summed E-state index contributed by atoms with van der Waals surface area (Å²) in [6.07, 6.45) is 1.82. The lowest BCUT2D eigenvalue weighted by Gasteiger charge is -2.10. The fraction of sp³-hybridized carbons (Fsp3) is 0.182. The Morgan fingerprint density at radius 3 is 2.75 bits per heavy atom. The largest absolute Gasteiger partial charge is 0.325 e. The zero-order chi connectivity index (χ0) is 12.1. The van der Waals surface area contributed by atoms with Crippen molar-refractivity contribution < 1.29 is 13.6 Å². The highest BCUT2D eigenvalue weighted by atomic mass is 19.2. The molecule has 1 aromatic rings. The average Bonchev–Trinajstić information content (AvgIpc) is 2.24. The third-order valence-electron chi connectivity index (χ3n) is 1.94. The van der Waals surface area contributed by atoms with Crippen molar-refractivity contribution in [2.24, 2.45) is 5.73 Å². The normalized spacial score (nSPS) is 11.9. The number of carbonyl (C=O) groups excluding carboxylic acids is 1. The molecule has 1 aromatic carbocycles. The van der Waals surface area contributed by atoms with Crippen LogP contribution in [0.1, 0.15) is 6.42 Å². The van der Waals surface area contributed by atoms with Gasteiger partial charge in [0.2, 0.25) is 5.91 Å². The second-order valence-corrected chi connectivity index (χ2v) is 3.25. The van der Waals surface area contributed by atoms with Gasteiger partial charge >= 0.3 is 0 Å². The molecule has 3 nitrogen and oxygen atoms in total. The Labute approximate surface area is 91.9 Å². The highest BCUT2D eigenvalue weighted by Crippen LogP contribution is 2.13. The van der Waals surface area contributed by atoms with Gasteiger partial charge in [0.25, 0.3) is 0 Å². The minimum atomic E-state index is -1.02. The minimum Gasteiger partial charge on any atom is -0.325 e. The molecule has 86 valence electrons. The summed E-state index contributed by atoms with van der Waals surface area (Å²) in [7, 11) is 0. The van der Waals surface area contributed by atoms with Gasteiger partial charge in [0.15, 0.2) is 11.6 Å². The van der Waals surface area contributed by atoms with Crippen LogP contribution in [-0.4, -0.2) is 11.9 Å². The molecule has 0 bridgehead atoms. The lowest BCUT2D eigenvalue weighted by atomic mass is 10.2. The Bertz CT molecular complexity index is 407. The van der Waals surface area contributed by atoms with Crippen LogP contribution in [0.3, 0.4) is 0 Å². The summed E-state index contributed by atoms with van der Waals surface area (Å²) < 4.78 is 25.4. The van der Waals surface area contributed by atoms with Crippen LogP contribution in [0.4, 0.5) is 14.5 Å². The Hall–Kier alpha value is -1.75. The lowest BCUT2D eigenvalue weighted by molar-refractivity contribution is -0.117. The smallest absolute Gasteiger partial charge is 0.241 e. The van der Waals surface area contributed by atoms with Gasteiger partial charge in [0.1, 0.15) is 0 Å². The SMILES string of the molecule is C=CCC(N)C(=O)Nc1ccc(F)c(F)c1. The number of hydrogen-bond donors (Lipinski definition) is 2. The van der Waals surface area contributed by atoms with E-state index in [9.17, 15) is 13.6 Å². The summed E-state index contributed by atoms with van der Waals surface area (Å²) in [5, 5.41) is 2.38. The molecule has 0 saturated heterocycles. The summed E-state index contributed by atoms with van der Waals surface area (Å²) in [6, 6.07) is 2.35. The van der Waals surface area contributed by atoms with E-state index in [1.54, 1.807) is 0 Å². The molecule has 1 amide bonds. The van der Waals surface area contributed by atoms with Crippen molar-refractivity contribution in [1.29, 1.82) is 0 Å². The van der Waals surface area contributed by atoms with Crippen molar-refractivity contribution in [2.45, 2.75) is 12.5 Å². The van der Waals surface area contributed by atoms with E-state index >= 15 is 0 Å². The first-order valence-electron chi connectivity index (χ1n) is 4.67. The molecule has 0 aliphatic rings. The number of rotatable bonds is 4. The van der Waals surface area contributed by atoms with Crippen molar-refractivity contribution in [3.8, 4) is 0 Å². The molecule has 1 atom stereocenters. The number of hydrogen-bond acceptors (Lipinski definition) is 2. The van der Waals surface area contributed by atoms with Crippen LogP contribution in [-0.2, 0) is 4.79 Å². The van der Waals surface area contributed by atoms with E-state index in [1.807, 2.05) is 0 Å². The molecule has 0 aliphatic carbocycles. The molecule has 5 heteroatoms. The molecular weight excluding hydrogens is 214 g/mol. The lowest BCUT2D eigenvalue weighted by Crippen LogP contribution is -2.35. The Kier molecular flexibility index (Phi) is 4.13. The maximum atomic E-state index is 12.8. The Morgan fingerprint density at radius 1 is 1.50 bits per heavy atom. The molecule has 0 aromatic heterocycles. The molecule has 16 heavy (non-hydrogen) atoms. The number of carbonyl (C=O) groups is 1. The van der Waals surface area contributed by atoms with Gasteiger partial charge in [-0.05, 0) is 18.6 Å². The number of nitrogens with two attached hydrogens (primary N) is 1. The van der Waals surface area contributed by atoms with Crippen LogP contribution in [0.2, 0.25) is 0 Å². The topological polar surface area (TPSA) is 55.1 Å². The second kappa shape index (κ2) is 5.37. The summed E-state index contributed by atoms with van der Waals surface area (Å²) in [5.74, 6) is -2.45. The molecular formula is C11H12F2N2O. The molecule has 0 aliphatic heterocycles. The van der Waals surface area contributed by atoms with Gasteiger partial charge < -0.3 is 11.1 Å². The van der Waals surface area contributed by atoms with Gasteiger partial charge in [-0.3, -0.25) is 4.79 Å². The first-order chi connectivity index (χ1) is 7.54. The summed E-state index contributed by atoms with van der Waals surface area (Å²) in [4.78, 5) is 11.4. The van der Waals surface area contributed by atoms with Crippen molar-refractivity contribution in [1.82, 2.24) is 0 Å².